The molecule has 2 fully saturated rings. The molecule has 2 N–H and O–H groups in total. The van der Waals surface area contributed by atoms with E-state index in [-0.39, 0.29) is 61.7 Å². The van der Waals surface area contributed by atoms with Crippen molar-refractivity contribution in [2.24, 2.45) is 5.41 Å². The van der Waals surface area contributed by atoms with Gasteiger partial charge in [-0.05, 0) is 74.9 Å². The highest BCUT2D eigenvalue weighted by atomic mass is 35.5. The Morgan fingerprint density at radius 1 is 1.12 bits per heavy atom. The molecule has 224 valence electrons. The predicted octanol–water partition coefficient (Wildman–Crippen LogP) is 5.50. The topological polar surface area (TPSA) is 84.3 Å². The summed E-state index contributed by atoms with van der Waals surface area (Å²) in [5, 5.41) is 19.5. The van der Waals surface area contributed by atoms with Crippen molar-refractivity contribution >= 4 is 23.5 Å². The monoisotopic (exact) mass is 595 g/mol. The first-order chi connectivity index (χ1) is 19.2. The number of piperazine rings is 1. The molecule has 41 heavy (non-hydrogen) atoms. The van der Waals surface area contributed by atoms with Gasteiger partial charge in [-0.1, -0.05) is 35.4 Å². The molecule has 0 spiro atoms. The quantitative estimate of drug-likeness (QED) is 0.443. The summed E-state index contributed by atoms with van der Waals surface area (Å²) in [5.41, 5.74) is 1.30. The normalized spacial score (nSPS) is 21.2. The first-order valence-corrected chi connectivity index (χ1v) is 14.1. The van der Waals surface area contributed by atoms with Crippen LogP contribution in [0.15, 0.2) is 36.4 Å². The number of aliphatic hydroxyl groups is 2. The average molecular weight is 596 g/mol. The maximum absolute atomic E-state index is 14.1. The van der Waals surface area contributed by atoms with Crippen molar-refractivity contribution in [2.75, 3.05) is 33.4 Å². The Balaban J connectivity index is 1.73. The maximum atomic E-state index is 14.1. The zero-order chi connectivity index (χ0) is 30.3. The third-order valence-electron chi connectivity index (χ3n) is 8.78. The van der Waals surface area contributed by atoms with Gasteiger partial charge in [0.1, 0.15) is 0 Å². The van der Waals surface area contributed by atoms with Crippen molar-refractivity contribution in [1.82, 2.24) is 14.7 Å². The van der Waals surface area contributed by atoms with Crippen molar-refractivity contribution in [1.29, 1.82) is 0 Å². The second-order valence-electron chi connectivity index (χ2n) is 11.3. The summed E-state index contributed by atoms with van der Waals surface area (Å²) in [5.74, 6) is -0.132. The molecule has 2 heterocycles. The Morgan fingerprint density at radius 2 is 1.78 bits per heavy atom. The fourth-order valence-corrected chi connectivity index (χ4v) is 6.74. The molecule has 0 aromatic heterocycles. The highest BCUT2D eigenvalue weighted by Gasteiger charge is 2.56. The van der Waals surface area contributed by atoms with Crippen molar-refractivity contribution in [3.63, 3.8) is 0 Å². The SMILES string of the molecule is Cc1ccc(C2C3CC(CCO)(CCO)C(=O)N3CCN2C(=O)N(C)C(C)c2cc(Cl)cc(C(F)(F)F)c2)c(C)c1. The predicted molar refractivity (Wildman–Crippen MR) is 149 cm³/mol. The Kier molecular flexibility index (Phi) is 8.97. The fourth-order valence-electron chi connectivity index (χ4n) is 6.49. The van der Waals surface area contributed by atoms with Crippen LogP contribution in [0.25, 0.3) is 0 Å². The number of halogens is 4. The van der Waals surface area contributed by atoms with Crippen molar-refractivity contribution in [3.05, 3.63) is 69.2 Å². The number of carbonyl (C=O) groups is 2. The lowest BCUT2D eigenvalue weighted by Crippen LogP contribution is -2.57. The van der Waals surface area contributed by atoms with E-state index in [4.69, 9.17) is 11.6 Å². The van der Waals surface area contributed by atoms with Gasteiger partial charge >= 0.3 is 12.2 Å². The van der Waals surface area contributed by atoms with Gasteiger partial charge in [0.05, 0.1) is 29.1 Å². The number of aliphatic hydroxyl groups excluding tert-OH is 2. The van der Waals surface area contributed by atoms with Crippen molar-refractivity contribution in [2.45, 2.75) is 64.3 Å². The molecule has 11 heteroatoms. The van der Waals surface area contributed by atoms with Crippen molar-refractivity contribution < 1.29 is 33.0 Å². The number of aryl methyl sites for hydroxylation is 2. The molecule has 2 aromatic rings. The second kappa shape index (κ2) is 11.8. The van der Waals surface area contributed by atoms with Crippen LogP contribution in [0.4, 0.5) is 18.0 Å². The average Bonchev–Trinajstić information content (AvgIpc) is 3.18. The Morgan fingerprint density at radius 3 is 2.37 bits per heavy atom. The molecule has 2 saturated heterocycles. The molecule has 4 rings (SSSR count). The molecule has 2 aromatic carbocycles. The number of benzene rings is 2. The fraction of sp³-hybridized carbons (Fsp3) is 0.533. The van der Waals surface area contributed by atoms with Crippen LogP contribution in [0, 0.1) is 19.3 Å². The second-order valence-corrected chi connectivity index (χ2v) is 11.8. The summed E-state index contributed by atoms with van der Waals surface area (Å²) in [6.45, 7) is 5.65. The number of urea groups is 1. The minimum Gasteiger partial charge on any atom is -0.396 e. The largest absolute Gasteiger partial charge is 0.416 e. The van der Waals surface area contributed by atoms with Crippen LogP contribution in [0.2, 0.25) is 5.02 Å². The lowest BCUT2D eigenvalue weighted by molar-refractivity contribution is -0.140. The van der Waals surface area contributed by atoms with E-state index in [1.807, 2.05) is 32.0 Å². The summed E-state index contributed by atoms with van der Waals surface area (Å²) in [7, 11) is 1.55. The molecule has 3 unspecified atom stereocenters. The zero-order valence-corrected chi connectivity index (χ0v) is 24.5. The van der Waals surface area contributed by atoms with Gasteiger partial charge in [0, 0.05) is 38.4 Å². The molecule has 0 saturated carbocycles. The summed E-state index contributed by atoms with van der Waals surface area (Å²) in [4.78, 5) is 32.7. The van der Waals surface area contributed by atoms with E-state index in [2.05, 4.69) is 0 Å². The van der Waals surface area contributed by atoms with E-state index in [1.165, 1.54) is 11.0 Å². The molecule has 0 bridgehead atoms. The Labute approximate surface area is 243 Å². The first-order valence-electron chi connectivity index (χ1n) is 13.7. The van der Waals surface area contributed by atoms with E-state index >= 15 is 0 Å². The van der Waals surface area contributed by atoms with Gasteiger partial charge in [0.2, 0.25) is 5.91 Å². The van der Waals surface area contributed by atoms with Crippen LogP contribution < -0.4 is 0 Å². The van der Waals surface area contributed by atoms with Crippen LogP contribution in [0.1, 0.15) is 66.1 Å². The number of amides is 3. The van der Waals surface area contributed by atoms with Gasteiger partial charge in [0.15, 0.2) is 0 Å². The molecule has 2 aliphatic rings. The van der Waals surface area contributed by atoms with Gasteiger partial charge in [0.25, 0.3) is 0 Å². The maximum Gasteiger partial charge on any atom is 0.416 e. The standard InChI is InChI=1S/C30H37ClF3N3O4/c1-18-5-6-24(19(2)13-18)26-25-17-29(7-11-38,8-12-39)27(40)36(25)9-10-37(26)28(41)35(4)20(3)21-14-22(30(32,33)34)16-23(31)15-21/h5-6,13-16,20,25-26,38-39H,7-12,17H2,1-4H3. The van der Waals surface area contributed by atoms with Gasteiger partial charge in [-0.2, -0.15) is 13.2 Å². The zero-order valence-electron chi connectivity index (χ0n) is 23.7. The number of rotatable bonds is 7. The lowest BCUT2D eigenvalue weighted by atomic mass is 9.77. The highest BCUT2D eigenvalue weighted by molar-refractivity contribution is 6.30. The van der Waals surface area contributed by atoms with Gasteiger partial charge in [-0.25, -0.2) is 4.79 Å². The van der Waals surface area contributed by atoms with Gasteiger partial charge < -0.3 is 24.9 Å². The van der Waals surface area contributed by atoms with E-state index in [9.17, 15) is 33.0 Å². The molecule has 2 aliphatic heterocycles. The summed E-state index contributed by atoms with van der Waals surface area (Å²) in [6.07, 6.45) is -3.81. The minimum atomic E-state index is -4.59. The third-order valence-corrected chi connectivity index (χ3v) is 9.00. The number of nitrogens with zero attached hydrogens (tertiary/aromatic N) is 3. The minimum absolute atomic E-state index is 0.0714. The molecule has 0 radical (unpaired) electrons. The molecular formula is C30H37ClF3N3O4. The first kappa shape index (κ1) is 31.1. The highest BCUT2D eigenvalue weighted by Crippen LogP contribution is 2.49. The van der Waals surface area contributed by atoms with Crippen LogP contribution in [-0.4, -0.2) is 76.2 Å². The van der Waals surface area contributed by atoms with E-state index < -0.39 is 35.3 Å². The van der Waals surface area contributed by atoms with E-state index in [0.717, 1.165) is 28.8 Å². The number of hydrogen-bond donors (Lipinski definition) is 2. The molecule has 3 amide bonds. The van der Waals surface area contributed by atoms with Crippen LogP contribution in [0.3, 0.4) is 0 Å². The molecule has 7 nitrogen and oxygen atoms in total. The van der Waals surface area contributed by atoms with E-state index in [1.54, 1.807) is 23.8 Å². The van der Waals surface area contributed by atoms with Crippen LogP contribution in [-0.2, 0) is 11.0 Å². The van der Waals surface area contributed by atoms with Gasteiger partial charge in [-0.3, -0.25) is 4.79 Å². The van der Waals surface area contributed by atoms with Crippen molar-refractivity contribution in [3.8, 4) is 0 Å². The smallest absolute Gasteiger partial charge is 0.396 e. The molecular weight excluding hydrogens is 559 g/mol. The summed E-state index contributed by atoms with van der Waals surface area (Å²) < 4.78 is 40.5. The Bertz CT molecular complexity index is 1300. The Hall–Kier alpha value is -2.82. The summed E-state index contributed by atoms with van der Waals surface area (Å²) in [6, 6.07) is 7.18. The summed E-state index contributed by atoms with van der Waals surface area (Å²) >= 11 is 6.03. The molecule has 0 aliphatic carbocycles. The number of fused-ring (bicyclic) bond motifs is 1. The van der Waals surface area contributed by atoms with E-state index in [0.29, 0.717) is 6.42 Å². The van der Waals surface area contributed by atoms with Crippen LogP contribution in [0.5, 0.6) is 0 Å². The number of carbonyl (C=O) groups excluding carboxylic acids is 2. The molecule has 3 atom stereocenters. The number of alkyl halides is 3. The third kappa shape index (κ3) is 5.92. The lowest BCUT2D eigenvalue weighted by Gasteiger charge is -2.47. The number of hydrogen-bond acceptors (Lipinski definition) is 4. The van der Waals surface area contributed by atoms with Crippen LogP contribution >= 0.6 is 11.6 Å². The van der Waals surface area contributed by atoms with Gasteiger partial charge in [-0.15, -0.1) is 0 Å².